The molecule has 14 heavy (non-hydrogen) atoms. The van der Waals surface area contributed by atoms with Crippen LogP contribution < -0.4 is 0 Å². The predicted octanol–water partition coefficient (Wildman–Crippen LogP) is 2.27. The molecular weight excluding hydrogens is 174 g/mol. The molecule has 74 valence electrons. The average molecular weight is 189 g/mol. The van der Waals surface area contributed by atoms with Crippen LogP contribution >= 0.6 is 0 Å². The van der Waals surface area contributed by atoms with Gasteiger partial charge in [0.2, 0.25) is 0 Å². The van der Waals surface area contributed by atoms with Crippen LogP contribution in [-0.4, -0.2) is 14.8 Å². The van der Waals surface area contributed by atoms with Crippen LogP contribution in [0.25, 0.3) is 11.0 Å². The van der Waals surface area contributed by atoms with Crippen LogP contribution in [0.5, 0.6) is 0 Å². The summed E-state index contributed by atoms with van der Waals surface area (Å²) < 4.78 is 1.86. The summed E-state index contributed by atoms with van der Waals surface area (Å²) in [6.07, 6.45) is 3.73. The van der Waals surface area contributed by atoms with Crippen LogP contribution in [0.2, 0.25) is 0 Å². The molecule has 0 bridgehead atoms. The van der Waals surface area contributed by atoms with Crippen molar-refractivity contribution >= 4 is 11.0 Å². The molecule has 0 amide bonds. The van der Waals surface area contributed by atoms with Gasteiger partial charge >= 0.3 is 0 Å². The van der Waals surface area contributed by atoms with Crippen LogP contribution in [0, 0.1) is 0 Å². The molecule has 2 heterocycles. The highest BCUT2D eigenvalue weighted by Gasteiger charge is 2.15. The maximum atomic E-state index is 4.39. The van der Waals surface area contributed by atoms with Gasteiger partial charge in [0.25, 0.3) is 0 Å². The summed E-state index contributed by atoms with van der Waals surface area (Å²) in [5, 5.41) is 4.17. The molecule has 0 unspecified atom stereocenters. The molecule has 0 fully saturated rings. The number of nitrogens with zero attached hydrogens (tertiary/aromatic N) is 3. The minimum absolute atomic E-state index is 0.144. The SMILES string of the molecule is Cn1ncc2ncc(C(C)(C)C)cc21. The van der Waals surface area contributed by atoms with Gasteiger partial charge in [0.05, 0.1) is 11.7 Å². The van der Waals surface area contributed by atoms with E-state index in [0.717, 1.165) is 11.0 Å². The van der Waals surface area contributed by atoms with Crippen LogP contribution in [0.4, 0.5) is 0 Å². The summed E-state index contributed by atoms with van der Waals surface area (Å²) in [7, 11) is 1.94. The van der Waals surface area contributed by atoms with Crippen LogP contribution in [0.1, 0.15) is 26.3 Å². The fourth-order valence-corrected chi connectivity index (χ4v) is 1.44. The second-order valence-electron chi connectivity index (χ2n) is 4.65. The van der Waals surface area contributed by atoms with Gasteiger partial charge in [-0.25, -0.2) is 0 Å². The Hall–Kier alpha value is -1.38. The third-order valence-corrected chi connectivity index (χ3v) is 2.47. The lowest BCUT2D eigenvalue weighted by Gasteiger charge is -2.18. The monoisotopic (exact) mass is 189 g/mol. The molecule has 0 N–H and O–H groups in total. The van der Waals surface area contributed by atoms with E-state index in [2.05, 4.69) is 36.9 Å². The van der Waals surface area contributed by atoms with Crippen molar-refractivity contribution in [3.63, 3.8) is 0 Å². The molecule has 0 saturated heterocycles. The second kappa shape index (κ2) is 2.80. The summed E-state index contributed by atoms with van der Waals surface area (Å²) in [6, 6.07) is 2.16. The molecule has 2 aromatic heterocycles. The van der Waals surface area contributed by atoms with E-state index in [9.17, 15) is 0 Å². The Morgan fingerprint density at radius 2 is 1.93 bits per heavy atom. The van der Waals surface area contributed by atoms with E-state index in [-0.39, 0.29) is 5.41 Å². The fraction of sp³-hybridized carbons (Fsp3) is 0.455. The smallest absolute Gasteiger partial charge is 0.108 e. The van der Waals surface area contributed by atoms with Gasteiger partial charge in [0.15, 0.2) is 0 Å². The molecule has 0 atom stereocenters. The van der Waals surface area contributed by atoms with Gasteiger partial charge in [-0.3, -0.25) is 9.67 Å². The first-order chi connectivity index (χ1) is 6.48. The predicted molar refractivity (Wildman–Crippen MR) is 57.2 cm³/mol. The molecule has 2 rings (SSSR count). The Kier molecular flexibility index (Phi) is 1.84. The molecule has 3 nitrogen and oxygen atoms in total. The van der Waals surface area contributed by atoms with Gasteiger partial charge in [0, 0.05) is 13.2 Å². The third kappa shape index (κ3) is 1.39. The Morgan fingerprint density at radius 1 is 1.21 bits per heavy atom. The van der Waals surface area contributed by atoms with Crippen molar-refractivity contribution in [1.29, 1.82) is 0 Å². The Bertz CT molecular complexity index is 463. The quantitative estimate of drug-likeness (QED) is 0.636. The highest BCUT2D eigenvalue weighted by Crippen LogP contribution is 2.23. The number of hydrogen-bond acceptors (Lipinski definition) is 2. The van der Waals surface area contributed by atoms with Crippen LogP contribution in [-0.2, 0) is 12.5 Å². The summed E-state index contributed by atoms with van der Waals surface area (Å²) in [5.74, 6) is 0. The van der Waals surface area contributed by atoms with Crippen LogP contribution in [0.15, 0.2) is 18.5 Å². The van der Waals surface area contributed by atoms with Gasteiger partial charge < -0.3 is 0 Å². The molecule has 0 radical (unpaired) electrons. The number of fused-ring (bicyclic) bond motifs is 1. The second-order valence-corrected chi connectivity index (χ2v) is 4.65. The molecule has 0 spiro atoms. The first-order valence-corrected chi connectivity index (χ1v) is 4.77. The average Bonchev–Trinajstić information content (AvgIpc) is 2.46. The number of rotatable bonds is 0. The zero-order valence-electron chi connectivity index (χ0n) is 9.07. The molecular formula is C11H15N3. The van der Waals surface area contributed by atoms with Crippen molar-refractivity contribution in [1.82, 2.24) is 14.8 Å². The lowest BCUT2D eigenvalue weighted by Crippen LogP contribution is -2.11. The Balaban J connectivity index is 2.66. The minimum Gasteiger partial charge on any atom is -0.266 e. The fourth-order valence-electron chi connectivity index (χ4n) is 1.44. The third-order valence-electron chi connectivity index (χ3n) is 2.47. The van der Waals surface area contributed by atoms with Gasteiger partial charge in [-0.15, -0.1) is 0 Å². The van der Waals surface area contributed by atoms with Crippen molar-refractivity contribution in [2.24, 2.45) is 7.05 Å². The summed E-state index contributed by atoms with van der Waals surface area (Å²) in [5.41, 5.74) is 3.44. The zero-order valence-corrected chi connectivity index (χ0v) is 9.07. The van der Waals surface area contributed by atoms with Crippen LogP contribution in [0.3, 0.4) is 0 Å². The Morgan fingerprint density at radius 3 is 2.57 bits per heavy atom. The van der Waals surface area contributed by atoms with E-state index in [1.807, 2.05) is 17.9 Å². The molecule has 0 aromatic carbocycles. The van der Waals surface area contributed by atoms with Gasteiger partial charge in [-0.2, -0.15) is 5.10 Å². The van der Waals surface area contributed by atoms with E-state index in [1.165, 1.54) is 5.56 Å². The lowest BCUT2D eigenvalue weighted by atomic mass is 9.88. The number of aromatic nitrogens is 3. The molecule has 0 aliphatic carbocycles. The lowest BCUT2D eigenvalue weighted by molar-refractivity contribution is 0.588. The Labute approximate surface area is 83.8 Å². The summed E-state index contributed by atoms with van der Waals surface area (Å²) in [6.45, 7) is 6.56. The number of aryl methyl sites for hydroxylation is 1. The van der Waals surface area contributed by atoms with E-state index in [1.54, 1.807) is 6.20 Å². The van der Waals surface area contributed by atoms with E-state index >= 15 is 0 Å². The summed E-state index contributed by atoms with van der Waals surface area (Å²) in [4.78, 5) is 4.39. The van der Waals surface area contributed by atoms with Crippen molar-refractivity contribution in [2.45, 2.75) is 26.2 Å². The van der Waals surface area contributed by atoms with Gasteiger partial charge in [0.1, 0.15) is 5.52 Å². The highest BCUT2D eigenvalue weighted by atomic mass is 15.3. The molecule has 0 aliphatic rings. The topological polar surface area (TPSA) is 30.7 Å². The van der Waals surface area contributed by atoms with E-state index < -0.39 is 0 Å². The molecule has 3 heteroatoms. The first kappa shape index (κ1) is 9.19. The van der Waals surface area contributed by atoms with Crippen molar-refractivity contribution in [3.05, 3.63) is 24.0 Å². The van der Waals surface area contributed by atoms with E-state index in [4.69, 9.17) is 0 Å². The number of hydrogen-bond donors (Lipinski definition) is 0. The van der Waals surface area contributed by atoms with E-state index in [0.29, 0.717) is 0 Å². The van der Waals surface area contributed by atoms with Gasteiger partial charge in [-0.1, -0.05) is 20.8 Å². The summed E-state index contributed by atoms with van der Waals surface area (Å²) >= 11 is 0. The number of pyridine rings is 1. The zero-order chi connectivity index (χ0) is 10.3. The van der Waals surface area contributed by atoms with Gasteiger partial charge in [-0.05, 0) is 17.0 Å². The molecule has 0 saturated carbocycles. The first-order valence-electron chi connectivity index (χ1n) is 4.77. The molecule has 2 aromatic rings. The van der Waals surface area contributed by atoms with Crippen molar-refractivity contribution in [2.75, 3.05) is 0 Å². The normalized spacial score (nSPS) is 12.3. The highest BCUT2D eigenvalue weighted by molar-refractivity contribution is 5.74. The minimum atomic E-state index is 0.144. The maximum absolute atomic E-state index is 4.39. The maximum Gasteiger partial charge on any atom is 0.108 e. The van der Waals surface area contributed by atoms with Crippen molar-refractivity contribution < 1.29 is 0 Å². The molecule has 0 aliphatic heterocycles. The standard InChI is InChI=1S/C11H15N3/c1-11(2,3)8-5-10-9(12-6-8)7-13-14(10)4/h5-7H,1-4H3. The van der Waals surface area contributed by atoms with Crippen molar-refractivity contribution in [3.8, 4) is 0 Å². The largest absolute Gasteiger partial charge is 0.266 e.